The first kappa shape index (κ1) is 23.6. The summed E-state index contributed by atoms with van der Waals surface area (Å²) in [6.07, 6.45) is 0.558. The van der Waals surface area contributed by atoms with E-state index in [-0.39, 0.29) is 35.3 Å². The van der Waals surface area contributed by atoms with E-state index in [1.165, 1.54) is 36.3 Å². The van der Waals surface area contributed by atoms with E-state index >= 15 is 0 Å². The zero-order valence-electron chi connectivity index (χ0n) is 18.2. The predicted molar refractivity (Wildman–Crippen MR) is 121 cm³/mol. The molecule has 1 heterocycles. The maximum Gasteiger partial charge on any atom is 0.295 e. The SMILES string of the molecule is COc1cc(/C(O)=C2/C(=O)C(=O)N(CCCOC(C)C)C2c2cccc(O)c2)ccc1Cl. The Balaban J connectivity index is 2.07. The highest BCUT2D eigenvalue weighted by Crippen LogP contribution is 2.41. The Kier molecular flexibility index (Phi) is 7.43. The predicted octanol–water partition coefficient (Wildman–Crippen LogP) is 4.29. The summed E-state index contributed by atoms with van der Waals surface area (Å²) in [5.74, 6) is -1.54. The molecule has 0 aromatic heterocycles. The van der Waals surface area contributed by atoms with E-state index in [0.717, 1.165) is 0 Å². The van der Waals surface area contributed by atoms with Crippen LogP contribution in [0.2, 0.25) is 5.02 Å². The molecule has 0 aliphatic carbocycles. The van der Waals surface area contributed by atoms with Crippen LogP contribution in [0.4, 0.5) is 0 Å². The first-order valence-electron chi connectivity index (χ1n) is 10.3. The summed E-state index contributed by atoms with van der Waals surface area (Å²) in [7, 11) is 1.44. The number of hydrogen-bond acceptors (Lipinski definition) is 6. The van der Waals surface area contributed by atoms with Crippen molar-refractivity contribution in [2.45, 2.75) is 32.4 Å². The van der Waals surface area contributed by atoms with Gasteiger partial charge in [0.2, 0.25) is 0 Å². The maximum absolute atomic E-state index is 13.0. The molecule has 7 nitrogen and oxygen atoms in total. The lowest BCUT2D eigenvalue weighted by atomic mass is 9.95. The normalized spacial score (nSPS) is 17.9. The number of hydrogen-bond donors (Lipinski definition) is 2. The second-order valence-corrected chi connectivity index (χ2v) is 8.12. The molecule has 0 spiro atoms. The number of ketones is 1. The van der Waals surface area contributed by atoms with E-state index in [2.05, 4.69) is 0 Å². The molecule has 170 valence electrons. The van der Waals surface area contributed by atoms with Crippen LogP contribution in [0.5, 0.6) is 11.5 Å². The molecular formula is C24H26ClNO6. The molecule has 0 saturated carbocycles. The molecule has 2 aromatic rings. The second-order valence-electron chi connectivity index (χ2n) is 7.71. The van der Waals surface area contributed by atoms with E-state index in [4.69, 9.17) is 21.1 Å². The fourth-order valence-electron chi connectivity index (χ4n) is 3.67. The Morgan fingerprint density at radius 2 is 1.94 bits per heavy atom. The van der Waals surface area contributed by atoms with Gasteiger partial charge < -0.3 is 24.6 Å². The molecule has 1 fully saturated rings. The van der Waals surface area contributed by atoms with Crippen molar-refractivity contribution in [2.24, 2.45) is 0 Å². The van der Waals surface area contributed by atoms with Gasteiger partial charge in [-0.3, -0.25) is 9.59 Å². The molecule has 1 unspecified atom stereocenters. The van der Waals surface area contributed by atoms with Gasteiger partial charge in [-0.25, -0.2) is 0 Å². The Bertz CT molecular complexity index is 1050. The zero-order valence-corrected chi connectivity index (χ0v) is 18.9. The average molecular weight is 460 g/mol. The number of aromatic hydroxyl groups is 1. The Morgan fingerprint density at radius 3 is 2.59 bits per heavy atom. The van der Waals surface area contributed by atoms with Gasteiger partial charge in [-0.05, 0) is 56.2 Å². The minimum Gasteiger partial charge on any atom is -0.508 e. The molecular weight excluding hydrogens is 434 g/mol. The molecule has 2 aromatic carbocycles. The number of methoxy groups -OCH3 is 1. The number of rotatable bonds is 8. The van der Waals surface area contributed by atoms with Crippen LogP contribution < -0.4 is 4.74 Å². The average Bonchev–Trinajstić information content (AvgIpc) is 3.01. The van der Waals surface area contributed by atoms with Gasteiger partial charge in [0.05, 0.1) is 29.9 Å². The number of ether oxygens (including phenoxy) is 2. The maximum atomic E-state index is 13.0. The van der Waals surface area contributed by atoms with Crippen molar-refractivity contribution in [3.05, 3.63) is 64.2 Å². The summed E-state index contributed by atoms with van der Waals surface area (Å²) >= 11 is 6.08. The molecule has 1 saturated heterocycles. The molecule has 1 amide bonds. The summed E-state index contributed by atoms with van der Waals surface area (Å²) in [5.41, 5.74) is 0.740. The van der Waals surface area contributed by atoms with Gasteiger partial charge in [0.15, 0.2) is 0 Å². The van der Waals surface area contributed by atoms with Crippen LogP contribution in [0.1, 0.15) is 37.4 Å². The van der Waals surface area contributed by atoms with Crippen molar-refractivity contribution in [1.29, 1.82) is 0 Å². The quantitative estimate of drug-likeness (QED) is 0.264. The van der Waals surface area contributed by atoms with Crippen molar-refractivity contribution >= 4 is 29.1 Å². The minimum atomic E-state index is -0.858. The molecule has 2 N–H and O–H groups in total. The second kappa shape index (κ2) is 10.1. The van der Waals surface area contributed by atoms with E-state index in [9.17, 15) is 19.8 Å². The van der Waals surface area contributed by atoms with E-state index in [1.807, 2.05) is 13.8 Å². The third-order valence-corrected chi connectivity index (χ3v) is 5.46. The standard InChI is InChI=1S/C24H26ClNO6/c1-14(2)32-11-5-10-26-21(15-6-4-7-17(27)12-15)20(23(29)24(26)30)22(28)16-8-9-18(25)19(13-16)31-3/h4,6-9,12-14,21,27-28H,5,10-11H2,1-3H3/b22-20-. The van der Waals surface area contributed by atoms with Gasteiger partial charge in [-0.15, -0.1) is 0 Å². The van der Waals surface area contributed by atoms with Gasteiger partial charge in [-0.2, -0.15) is 0 Å². The molecule has 0 radical (unpaired) electrons. The van der Waals surface area contributed by atoms with Gasteiger partial charge in [0, 0.05) is 18.7 Å². The van der Waals surface area contributed by atoms with Gasteiger partial charge >= 0.3 is 0 Å². The highest BCUT2D eigenvalue weighted by molar-refractivity contribution is 6.46. The number of carbonyl (C=O) groups excluding carboxylic acids is 2. The van der Waals surface area contributed by atoms with Crippen molar-refractivity contribution in [2.75, 3.05) is 20.3 Å². The molecule has 8 heteroatoms. The Morgan fingerprint density at radius 1 is 1.19 bits per heavy atom. The third-order valence-electron chi connectivity index (χ3n) is 5.15. The molecule has 1 atom stereocenters. The number of aliphatic hydroxyl groups excluding tert-OH is 1. The number of amides is 1. The molecule has 32 heavy (non-hydrogen) atoms. The van der Waals surface area contributed by atoms with Gasteiger partial charge in [0.25, 0.3) is 11.7 Å². The highest BCUT2D eigenvalue weighted by Gasteiger charge is 2.45. The largest absolute Gasteiger partial charge is 0.508 e. The van der Waals surface area contributed by atoms with E-state index in [1.54, 1.807) is 18.2 Å². The number of aliphatic hydroxyl groups is 1. The summed E-state index contributed by atoms with van der Waals surface area (Å²) < 4.78 is 10.8. The molecule has 3 rings (SSSR count). The van der Waals surface area contributed by atoms with E-state index in [0.29, 0.717) is 29.4 Å². The number of carbonyl (C=O) groups is 2. The summed E-state index contributed by atoms with van der Waals surface area (Å²) in [6, 6.07) is 10.0. The Labute approximate surface area is 191 Å². The van der Waals surface area contributed by atoms with Crippen LogP contribution in [0.15, 0.2) is 48.0 Å². The van der Waals surface area contributed by atoms with Crippen LogP contribution in [-0.4, -0.2) is 53.2 Å². The molecule has 1 aliphatic rings. The third kappa shape index (κ3) is 4.89. The van der Waals surface area contributed by atoms with E-state index < -0.39 is 17.7 Å². The lowest BCUT2D eigenvalue weighted by Gasteiger charge is -2.25. The zero-order chi connectivity index (χ0) is 23.4. The monoisotopic (exact) mass is 459 g/mol. The summed E-state index contributed by atoms with van der Waals surface area (Å²) in [6.45, 7) is 4.50. The number of nitrogens with zero attached hydrogens (tertiary/aromatic N) is 1. The first-order chi connectivity index (χ1) is 15.2. The van der Waals surface area contributed by atoms with Crippen molar-refractivity contribution in [1.82, 2.24) is 4.90 Å². The van der Waals surface area contributed by atoms with Crippen molar-refractivity contribution < 1.29 is 29.3 Å². The lowest BCUT2D eigenvalue weighted by Crippen LogP contribution is -2.31. The smallest absolute Gasteiger partial charge is 0.295 e. The minimum absolute atomic E-state index is 0.00982. The fraction of sp³-hybridized carbons (Fsp3) is 0.333. The molecule has 0 bridgehead atoms. The number of phenols is 1. The van der Waals surface area contributed by atoms with Crippen LogP contribution in [0.3, 0.4) is 0 Å². The highest BCUT2D eigenvalue weighted by atomic mass is 35.5. The number of phenolic OH excluding ortho intramolecular Hbond substituents is 1. The summed E-state index contributed by atoms with van der Waals surface area (Å²) in [4.78, 5) is 27.3. The van der Waals surface area contributed by atoms with Crippen LogP contribution in [0, 0.1) is 0 Å². The topological polar surface area (TPSA) is 96.3 Å². The first-order valence-corrected chi connectivity index (χ1v) is 10.6. The Hall–Kier alpha value is -3.03. The van der Waals surface area contributed by atoms with Crippen molar-refractivity contribution in [3.8, 4) is 11.5 Å². The summed E-state index contributed by atoms with van der Waals surface area (Å²) in [5, 5.41) is 21.4. The lowest BCUT2D eigenvalue weighted by molar-refractivity contribution is -0.140. The molecule has 1 aliphatic heterocycles. The van der Waals surface area contributed by atoms with Crippen LogP contribution in [-0.2, 0) is 14.3 Å². The van der Waals surface area contributed by atoms with Gasteiger partial charge in [-0.1, -0.05) is 23.7 Å². The van der Waals surface area contributed by atoms with Crippen LogP contribution >= 0.6 is 11.6 Å². The van der Waals surface area contributed by atoms with Gasteiger partial charge in [0.1, 0.15) is 17.3 Å². The van der Waals surface area contributed by atoms with Crippen molar-refractivity contribution in [3.63, 3.8) is 0 Å². The fourth-order valence-corrected chi connectivity index (χ4v) is 3.86. The number of benzene rings is 2. The van der Waals surface area contributed by atoms with Crippen LogP contribution in [0.25, 0.3) is 5.76 Å². The number of likely N-dealkylation sites (tertiary alicyclic amines) is 1. The number of halogens is 1. The number of Topliss-reactive ketones (excluding diaryl/α,β-unsaturated/α-hetero) is 1.